The van der Waals surface area contributed by atoms with Crippen LogP contribution in [0, 0.1) is 5.82 Å². The van der Waals surface area contributed by atoms with Crippen LogP contribution in [0.15, 0.2) is 18.2 Å². The Morgan fingerprint density at radius 3 is 3.00 bits per heavy atom. The Bertz CT molecular complexity index is 434. The maximum Gasteiger partial charge on any atom is 0.146 e. The van der Waals surface area contributed by atoms with Crippen LogP contribution in [-0.2, 0) is 11.2 Å². The van der Waals surface area contributed by atoms with E-state index in [0.717, 1.165) is 31.5 Å². The van der Waals surface area contributed by atoms with Crippen LogP contribution >= 0.6 is 0 Å². The molecule has 2 atom stereocenters. The standard InChI is InChI=1S/C16H25FN2O/c1-3-20-14-7-5-9-19(11-14)16-13(10-12(2)18)6-4-8-15(16)17/h4,6,8,12,14H,3,5,7,9-11,18H2,1-2H3. The minimum absolute atomic E-state index is 0.0306. The summed E-state index contributed by atoms with van der Waals surface area (Å²) >= 11 is 0. The summed E-state index contributed by atoms with van der Waals surface area (Å²) in [5.74, 6) is -0.153. The molecule has 1 heterocycles. The van der Waals surface area contributed by atoms with Gasteiger partial charge in [-0.3, -0.25) is 0 Å². The number of anilines is 1. The maximum atomic E-state index is 14.3. The first-order chi connectivity index (χ1) is 9.61. The second-order valence-electron chi connectivity index (χ2n) is 5.59. The summed E-state index contributed by atoms with van der Waals surface area (Å²) in [5.41, 5.74) is 7.60. The highest BCUT2D eigenvalue weighted by Gasteiger charge is 2.24. The van der Waals surface area contributed by atoms with Crippen molar-refractivity contribution >= 4 is 5.69 Å². The molecule has 0 aliphatic carbocycles. The van der Waals surface area contributed by atoms with E-state index >= 15 is 0 Å². The third-order valence-electron chi connectivity index (χ3n) is 3.71. The van der Waals surface area contributed by atoms with Gasteiger partial charge in [0, 0.05) is 25.7 Å². The van der Waals surface area contributed by atoms with Crippen LogP contribution in [0.4, 0.5) is 10.1 Å². The van der Waals surface area contributed by atoms with Gasteiger partial charge >= 0.3 is 0 Å². The number of halogens is 1. The lowest BCUT2D eigenvalue weighted by Gasteiger charge is -2.35. The van der Waals surface area contributed by atoms with Crippen molar-refractivity contribution in [2.75, 3.05) is 24.6 Å². The first kappa shape index (κ1) is 15.3. The molecule has 0 amide bonds. The zero-order valence-corrected chi connectivity index (χ0v) is 12.4. The fourth-order valence-corrected chi connectivity index (χ4v) is 2.94. The molecule has 1 fully saturated rings. The van der Waals surface area contributed by atoms with Gasteiger partial charge in [0.25, 0.3) is 0 Å². The van der Waals surface area contributed by atoms with Gasteiger partial charge in [0.1, 0.15) is 5.82 Å². The van der Waals surface area contributed by atoms with Crippen LogP contribution in [-0.4, -0.2) is 31.8 Å². The number of piperidine rings is 1. The molecular weight excluding hydrogens is 255 g/mol. The van der Waals surface area contributed by atoms with E-state index < -0.39 is 0 Å². The Kier molecular flexibility index (Phi) is 5.38. The smallest absolute Gasteiger partial charge is 0.146 e. The maximum absolute atomic E-state index is 14.3. The number of ether oxygens (including phenoxy) is 1. The van der Waals surface area contributed by atoms with Crippen LogP contribution < -0.4 is 10.6 Å². The van der Waals surface area contributed by atoms with Crippen LogP contribution in [0.2, 0.25) is 0 Å². The summed E-state index contributed by atoms with van der Waals surface area (Å²) in [6.45, 7) is 6.32. The molecule has 0 saturated carbocycles. The van der Waals surface area contributed by atoms with Gasteiger partial charge < -0.3 is 15.4 Å². The number of nitrogens with two attached hydrogens (primary N) is 1. The number of benzene rings is 1. The molecule has 1 aromatic rings. The molecule has 2 N–H and O–H groups in total. The minimum atomic E-state index is -0.153. The lowest BCUT2D eigenvalue weighted by atomic mass is 10.0. The second kappa shape index (κ2) is 7.04. The van der Waals surface area contributed by atoms with Gasteiger partial charge in [-0.1, -0.05) is 12.1 Å². The van der Waals surface area contributed by atoms with E-state index in [9.17, 15) is 4.39 Å². The van der Waals surface area contributed by atoms with Gasteiger partial charge in [0.05, 0.1) is 11.8 Å². The number of para-hydroxylation sites is 1. The van der Waals surface area contributed by atoms with Crippen LogP contribution in [0.1, 0.15) is 32.3 Å². The molecule has 1 aliphatic heterocycles. The first-order valence-corrected chi connectivity index (χ1v) is 7.51. The average Bonchev–Trinajstić information content (AvgIpc) is 2.39. The van der Waals surface area contributed by atoms with Gasteiger partial charge in [-0.25, -0.2) is 4.39 Å². The molecule has 2 rings (SSSR count). The first-order valence-electron chi connectivity index (χ1n) is 7.51. The lowest BCUT2D eigenvalue weighted by molar-refractivity contribution is 0.0525. The number of hydrogen-bond donors (Lipinski definition) is 1. The van der Waals surface area contributed by atoms with Crippen LogP contribution in [0.3, 0.4) is 0 Å². The van der Waals surface area contributed by atoms with Crippen molar-refractivity contribution in [3.05, 3.63) is 29.6 Å². The second-order valence-corrected chi connectivity index (χ2v) is 5.59. The van der Waals surface area contributed by atoms with E-state index in [0.29, 0.717) is 18.7 Å². The summed E-state index contributed by atoms with van der Waals surface area (Å²) in [6, 6.07) is 5.31. The van der Waals surface area contributed by atoms with E-state index in [1.807, 2.05) is 19.9 Å². The molecule has 2 unspecified atom stereocenters. The predicted octanol–water partition coefficient (Wildman–Crippen LogP) is 2.72. The van der Waals surface area contributed by atoms with E-state index in [2.05, 4.69) is 4.90 Å². The molecule has 1 aliphatic rings. The van der Waals surface area contributed by atoms with Crippen LogP contribution in [0.25, 0.3) is 0 Å². The van der Waals surface area contributed by atoms with Crippen molar-refractivity contribution in [3.8, 4) is 0 Å². The molecule has 0 spiro atoms. The van der Waals surface area contributed by atoms with Crippen molar-refractivity contribution in [3.63, 3.8) is 0 Å². The van der Waals surface area contributed by atoms with Crippen molar-refractivity contribution < 1.29 is 9.13 Å². The van der Waals surface area contributed by atoms with Gasteiger partial charge in [-0.05, 0) is 44.7 Å². The largest absolute Gasteiger partial charge is 0.377 e. The highest BCUT2D eigenvalue weighted by molar-refractivity contribution is 5.55. The molecule has 1 aromatic carbocycles. The monoisotopic (exact) mass is 280 g/mol. The molecule has 112 valence electrons. The Labute approximate surface area is 120 Å². The normalized spacial score (nSPS) is 21.0. The van der Waals surface area contributed by atoms with E-state index in [1.165, 1.54) is 6.07 Å². The van der Waals surface area contributed by atoms with Crippen molar-refractivity contribution in [1.29, 1.82) is 0 Å². The molecule has 3 nitrogen and oxygen atoms in total. The summed E-state index contributed by atoms with van der Waals surface area (Å²) in [4.78, 5) is 2.12. The minimum Gasteiger partial charge on any atom is -0.377 e. The quantitative estimate of drug-likeness (QED) is 0.901. The summed E-state index contributed by atoms with van der Waals surface area (Å²) in [5, 5.41) is 0. The molecule has 0 bridgehead atoms. The number of nitrogens with zero attached hydrogens (tertiary/aromatic N) is 1. The fourth-order valence-electron chi connectivity index (χ4n) is 2.94. The van der Waals surface area contributed by atoms with E-state index in [1.54, 1.807) is 6.07 Å². The van der Waals surface area contributed by atoms with Gasteiger partial charge in [0.2, 0.25) is 0 Å². The van der Waals surface area contributed by atoms with Crippen molar-refractivity contribution in [2.24, 2.45) is 5.73 Å². The Morgan fingerprint density at radius 2 is 2.30 bits per heavy atom. The third kappa shape index (κ3) is 3.70. The predicted molar refractivity (Wildman–Crippen MR) is 80.6 cm³/mol. The van der Waals surface area contributed by atoms with E-state index in [4.69, 9.17) is 10.5 Å². The van der Waals surface area contributed by atoms with Crippen LogP contribution in [0.5, 0.6) is 0 Å². The molecule has 0 aromatic heterocycles. The molecule has 0 radical (unpaired) electrons. The molecular formula is C16H25FN2O. The van der Waals surface area contributed by atoms with Gasteiger partial charge in [-0.2, -0.15) is 0 Å². The SMILES string of the molecule is CCOC1CCCN(c2c(F)cccc2CC(C)N)C1. The molecule has 20 heavy (non-hydrogen) atoms. The van der Waals surface area contributed by atoms with Crippen molar-refractivity contribution in [1.82, 2.24) is 0 Å². The van der Waals surface area contributed by atoms with E-state index in [-0.39, 0.29) is 18.0 Å². The third-order valence-corrected chi connectivity index (χ3v) is 3.71. The topological polar surface area (TPSA) is 38.5 Å². The zero-order valence-electron chi connectivity index (χ0n) is 12.4. The summed E-state index contributed by atoms with van der Waals surface area (Å²) in [7, 11) is 0. The lowest BCUT2D eigenvalue weighted by Crippen LogP contribution is -2.41. The highest BCUT2D eigenvalue weighted by Crippen LogP contribution is 2.29. The van der Waals surface area contributed by atoms with Gasteiger partial charge in [-0.15, -0.1) is 0 Å². The average molecular weight is 280 g/mol. The van der Waals surface area contributed by atoms with Gasteiger partial charge in [0.15, 0.2) is 0 Å². The highest BCUT2D eigenvalue weighted by atomic mass is 19.1. The molecule has 1 saturated heterocycles. The number of hydrogen-bond acceptors (Lipinski definition) is 3. The van der Waals surface area contributed by atoms with Crippen molar-refractivity contribution in [2.45, 2.75) is 45.3 Å². The zero-order chi connectivity index (χ0) is 14.5. The summed E-state index contributed by atoms with van der Waals surface area (Å²) < 4.78 is 20.0. The Hall–Kier alpha value is -1.13. The fraction of sp³-hybridized carbons (Fsp3) is 0.625. The Balaban J connectivity index is 2.21. The summed E-state index contributed by atoms with van der Waals surface area (Å²) in [6.07, 6.45) is 3.00. The number of rotatable bonds is 5. The molecule has 4 heteroatoms. The Morgan fingerprint density at radius 1 is 1.50 bits per heavy atom.